The number of benzene rings is 1. The van der Waals surface area contributed by atoms with Crippen molar-refractivity contribution in [3.63, 3.8) is 0 Å². The summed E-state index contributed by atoms with van der Waals surface area (Å²) in [5.41, 5.74) is 1.04. The summed E-state index contributed by atoms with van der Waals surface area (Å²) in [5, 5.41) is 20.0. The fraction of sp³-hybridized carbons (Fsp3) is 0.375. The van der Waals surface area contributed by atoms with Crippen LogP contribution in [0, 0.1) is 5.92 Å². The lowest BCUT2D eigenvalue weighted by Crippen LogP contribution is -2.30. The first kappa shape index (κ1) is 26.7. The quantitative estimate of drug-likeness (QED) is 0.349. The number of carbonyl (C=O) groups is 1. The predicted octanol–water partition coefficient (Wildman–Crippen LogP) is 2.75. The number of nitrogens with one attached hydrogen (secondary N) is 1. The molecular weight excluding hydrogens is 542 g/mol. The van der Waals surface area contributed by atoms with Gasteiger partial charge in [-0.1, -0.05) is 24.3 Å². The Morgan fingerprint density at radius 3 is 2.89 bits per heavy atom. The van der Waals surface area contributed by atoms with E-state index >= 15 is 0 Å². The van der Waals surface area contributed by atoms with Crippen molar-refractivity contribution in [2.75, 3.05) is 18.5 Å². The molecule has 5 rings (SSSR count). The number of hydrogen-bond donors (Lipinski definition) is 3. The topological polar surface area (TPSA) is 154 Å². The van der Waals surface area contributed by atoms with Gasteiger partial charge in [-0.15, -0.1) is 11.3 Å². The van der Waals surface area contributed by atoms with Crippen LogP contribution in [0.2, 0.25) is 0 Å². The number of aromatic nitrogens is 2. The highest BCUT2D eigenvalue weighted by atomic mass is 32.2. The maximum atomic E-state index is 14.3. The molecule has 0 amide bonds. The molecule has 202 valence electrons. The van der Waals surface area contributed by atoms with Crippen molar-refractivity contribution in [3.05, 3.63) is 75.4 Å². The lowest BCUT2D eigenvalue weighted by Gasteiger charge is -2.31. The Balaban J connectivity index is 1.32. The zero-order chi connectivity index (χ0) is 27.1. The van der Waals surface area contributed by atoms with Crippen molar-refractivity contribution in [1.82, 2.24) is 9.97 Å². The van der Waals surface area contributed by atoms with Crippen molar-refractivity contribution in [2.24, 2.45) is 11.1 Å². The van der Waals surface area contributed by atoms with Crippen molar-refractivity contribution >= 4 is 33.2 Å². The first-order valence-electron chi connectivity index (χ1n) is 11.7. The largest absolute Gasteiger partial charge is 0.393 e. The van der Waals surface area contributed by atoms with Crippen LogP contribution in [0.25, 0.3) is 0 Å². The number of anilines is 1. The lowest BCUT2D eigenvalue weighted by atomic mass is 9.92. The molecule has 1 aromatic carbocycles. The van der Waals surface area contributed by atoms with Crippen LogP contribution in [0.3, 0.4) is 0 Å². The van der Waals surface area contributed by atoms with Gasteiger partial charge in [0.2, 0.25) is 5.78 Å². The average Bonchev–Trinajstić information content (AvgIpc) is 3.49. The Kier molecular flexibility index (Phi) is 7.28. The standard InChI is InChI=1S/C24H24F2N4O6S2/c25-24(26)11-35-22(16-3-1-2-4-18(16)24)14-6-20(37-10-14)21(32)17-8-28-12-29-23(17)30-15-5-13(19(31)7-15)9-36-38(27,33)34/h1-4,6,8,10,12-13,15,19,22,31H,5,7,9,11H2,(H2,27,33,34)(H,28,29,30)/t13-,15-,19+,22?/m1/s1. The second-order valence-corrected chi connectivity index (χ2v) is 11.4. The van der Waals surface area contributed by atoms with Crippen LogP contribution in [0.15, 0.2) is 48.2 Å². The number of aliphatic hydroxyl groups excluding tert-OH is 1. The van der Waals surface area contributed by atoms with E-state index in [4.69, 9.17) is 9.88 Å². The fourth-order valence-corrected chi connectivity index (χ4v) is 6.06. The van der Waals surface area contributed by atoms with Gasteiger partial charge in [0, 0.05) is 23.7 Å². The fourth-order valence-electron chi connectivity index (χ4n) is 4.82. The van der Waals surface area contributed by atoms with Gasteiger partial charge in [0.15, 0.2) is 0 Å². The van der Waals surface area contributed by atoms with Gasteiger partial charge in [-0.05, 0) is 35.4 Å². The van der Waals surface area contributed by atoms with Crippen LogP contribution >= 0.6 is 11.3 Å². The Labute approximate surface area is 221 Å². The van der Waals surface area contributed by atoms with E-state index in [9.17, 15) is 27.1 Å². The van der Waals surface area contributed by atoms with Crippen molar-refractivity contribution in [2.45, 2.75) is 37.0 Å². The third-order valence-electron chi connectivity index (χ3n) is 6.62. The Hall–Kier alpha value is -2.88. The molecule has 3 aromatic rings. The number of halogens is 2. The third kappa shape index (κ3) is 5.60. The van der Waals surface area contributed by atoms with Gasteiger partial charge >= 0.3 is 10.3 Å². The Bertz CT molecular complexity index is 1450. The molecule has 1 fully saturated rings. The molecule has 10 nitrogen and oxygen atoms in total. The molecule has 14 heteroatoms. The number of nitrogens with zero attached hydrogens (tertiary/aromatic N) is 2. The number of hydrogen-bond acceptors (Lipinski definition) is 10. The number of aliphatic hydroxyl groups is 1. The van der Waals surface area contributed by atoms with E-state index in [0.29, 0.717) is 22.4 Å². The van der Waals surface area contributed by atoms with Gasteiger partial charge in [0.25, 0.3) is 5.92 Å². The first-order chi connectivity index (χ1) is 18.0. The van der Waals surface area contributed by atoms with Crippen molar-refractivity contribution in [1.29, 1.82) is 0 Å². The highest BCUT2D eigenvalue weighted by Crippen LogP contribution is 2.43. The van der Waals surface area contributed by atoms with Gasteiger partial charge in [-0.25, -0.2) is 15.1 Å². The molecule has 4 N–H and O–H groups in total. The van der Waals surface area contributed by atoms with Crippen molar-refractivity contribution in [3.8, 4) is 0 Å². The summed E-state index contributed by atoms with van der Waals surface area (Å²) in [6, 6.07) is 7.51. The lowest BCUT2D eigenvalue weighted by molar-refractivity contribution is -0.115. The van der Waals surface area contributed by atoms with Crippen LogP contribution < -0.4 is 10.5 Å². The monoisotopic (exact) mass is 566 g/mol. The number of fused-ring (bicyclic) bond motifs is 1. The zero-order valence-corrected chi connectivity index (χ0v) is 21.4. The predicted molar refractivity (Wildman–Crippen MR) is 133 cm³/mol. The summed E-state index contributed by atoms with van der Waals surface area (Å²) in [6.07, 6.45) is 1.73. The van der Waals surface area contributed by atoms with E-state index < -0.39 is 41.0 Å². The summed E-state index contributed by atoms with van der Waals surface area (Å²) in [7, 11) is -4.13. The molecule has 1 aliphatic heterocycles. The normalized spacial score (nSPS) is 24.6. The second kappa shape index (κ2) is 10.4. The molecular formula is C24H24F2N4O6S2. The molecule has 3 heterocycles. The zero-order valence-electron chi connectivity index (χ0n) is 19.8. The highest BCUT2D eigenvalue weighted by molar-refractivity contribution is 7.84. The number of alkyl halides is 2. The second-order valence-electron chi connectivity index (χ2n) is 9.26. The van der Waals surface area contributed by atoms with E-state index in [1.807, 2.05) is 0 Å². The number of carbonyl (C=O) groups excluding carboxylic acids is 1. The molecule has 38 heavy (non-hydrogen) atoms. The van der Waals surface area contributed by atoms with E-state index in [2.05, 4.69) is 19.5 Å². The van der Waals surface area contributed by atoms with E-state index in [-0.39, 0.29) is 41.8 Å². The van der Waals surface area contributed by atoms with Crippen LogP contribution in [0.4, 0.5) is 14.6 Å². The summed E-state index contributed by atoms with van der Waals surface area (Å²) < 4.78 is 61.0. The van der Waals surface area contributed by atoms with Crippen LogP contribution in [0.1, 0.15) is 50.9 Å². The van der Waals surface area contributed by atoms with Crippen LogP contribution in [-0.4, -0.2) is 54.6 Å². The molecule has 0 spiro atoms. The Morgan fingerprint density at radius 2 is 2.11 bits per heavy atom. The van der Waals surface area contributed by atoms with Gasteiger partial charge < -0.3 is 15.2 Å². The minimum absolute atomic E-state index is 0.0928. The number of nitrogens with two attached hydrogens (primary N) is 1. The minimum Gasteiger partial charge on any atom is -0.393 e. The number of thiophene rings is 1. The van der Waals surface area contributed by atoms with E-state index in [1.54, 1.807) is 29.6 Å². The van der Waals surface area contributed by atoms with Crippen LogP contribution in [0.5, 0.6) is 0 Å². The van der Waals surface area contributed by atoms with Crippen LogP contribution in [-0.2, 0) is 25.1 Å². The average molecular weight is 567 g/mol. The summed E-state index contributed by atoms with van der Waals surface area (Å²) in [4.78, 5) is 21.9. The Morgan fingerprint density at radius 1 is 1.32 bits per heavy atom. The van der Waals surface area contributed by atoms with Gasteiger partial charge in [-0.3, -0.25) is 8.98 Å². The molecule has 0 saturated heterocycles. The first-order valence-corrected chi connectivity index (χ1v) is 14.0. The molecule has 0 radical (unpaired) electrons. The number of ketones is 1. The molecule has 0 bridgehead atoms. The maximum Gasteiger partial charge on any atom is 0.333 e. The number of ether oxygens (including phenoxy) is 1. The number of rotatable bonds is 8. The smallest absolute Gasteiger partial charge is 0.333 e. The summed E-state index contributed by atoms with van der Waals surface area (Å²) in [5.74, 6) is -3.69. The summed E-state index contributed by atoms with van der Waals surface area (Å²) in [6.45, 7) is -1.02. The third-order valence-corrected chi connectivity index (χ3v) is 8.03. The molecule has 4 atom stereocenters. The molecule has 1 unspecified atom stereocenters. The van der Waals surface area contributed by atoms with Gasteiger partial charge in [0.05, 0.1) is 23.2 Å². The molecule has 1 aliphatic carbocycles. The van der Waals surface area contributed by atoms with Crippen molar-refractivity contribution < 1.29 is 36.0 Å². The molecule has 1 saturated carbocycles. The van der Waals surface area contributed by atoms with Gasteiger partial charge in [-0.2, -0.15) is 17.2 Å². The molecule has 2 aromatic heterocycles. The summed E-state index contributed by atoms with van der Waals surface area (Å²) >= 11 is 1.16. The highest BCUT2D eigenvalue weighted by Gasteiger charge is 2.42. The van der Waals surface area contributed by atoms with E-state index in [1.165, 1.54) is 18.6 Å². The van der Waals surface area contributed by atoms with Gasteiger partial charge in [0.1, 0.15) is 24.9 Å². The van der Waals surface area contributed by atoms with E-state index in [0.717, 1.165) is 11.3 Å². The maximum absolute atomic E-state index is 14.3. The molecule has 2 aliphatic rings. The minimum atomic E-state index is -4.13. The SMILES string of the molecule is NS(=O)(=O)OC[C@H]1C[C@@H](Nc2ncncc2C(=O)c2cc(C3OCC(F)(F)c4ccccc43)cs2)C[C@@H]1O.